The Morgan fingerprint density at radius 2 is 2.18 bits per heavy atom. The molecule has 0 radical (unpaired) electrons. The Hall–Kier alpha value is -2.15. The number of rotatable bonds is 2. The third kappa shape index (κ3) is 2.04. The second kappa shape index (κ2) is 4.02. The molecule has 0 bridgehead atoms. The summed E-state index contributed by atoms with van der Waals surface area (Å²) in [6, 6.07) is 3.54. The predicted molar refractivity (Wildman–Crippen MR) is 57.7 cm³/mol. The number of amides is 1. The summed E-state index contributed by atoms with van der Waals surface area (Å²) < 4.78 is 0. The van der Waals surface area contributed by atoms with Crippen LogP contribution >= 0.6 is 0 Å². The number of phenols is 1. The average Bonchev–Trinajstić information content (AvgIpc) is 2.57. The third-order valence-electron chi connectivity index (χ3n) is 2.55. The molecule has 1 aliphatic heterocycles. The quantitative estimate of drug-likeness (QED) is 0.573. The molecule has 1 saturated heterocycles. The molecule has 1 unspecified atom stereocenters. The third-order valence-corrected chi connectivity index (χ3v) is 2.55. The van der Waals surface area contributed by atoms with E-state index in [1.165, 1.54) is 12.1 Å². The zero-order chi connectivity index (χ0) is 12.6. The van der Waals surface area contributed by atoms with Gasteiger partial charge in [0.25, 0.3) is 5.69 Å². The van der Waals surface area contributed by atoms with E-state index in [1.807, 2.05) is 0 Å². The van der Waals surface area contributed by atoms with Crippen LogP contribution < -0.4 is 4.90 Å². The minimum atomic E-state index is -0.809. The fourth-order valence-electron chi connectivity index (χ4n) is 1.81. The van der Waals surface area contributed by atoms with E-state index >= 15 is 0 Å². The predicted octanol–water partition coefficient (Wildman–Crippen LogP) is 0.398. The molecule has 0 spiro atoms. The minimum Gasteiger partial charge on any atom is -0.508 e. The molecule has 2 rings (SSSR count). The second-order valence-corrected chi connectivity index (χ2v) is 3.79. The van der Waals surface area contributed by atoms with Crippen molar-refractivity contribution in [3.8, 4) is 5.75 Å². The van der Waals surface area contributed by atoms with Crippen LogP contribution in [0.4, 0.5) is 11.4 Å². The molecule has 1 heterocycles. The van der Waals surface area contributed by atoms with Gasteiger partial charge in [-0.15, -0.1) is 0 Å². The molecule has 1 aliphatic rings. The first kappa shape index (κ1) is 11.3. The van der Waals surface area contributed by atoms with Crippen molar-refractivity contribution in [2.45, 2.75) is 12.5 Å². The van der Waals surface area contributed by atoms with Gasteiger partial charge in [-0.1, -0.05) is 0 Å². The van der Waals surface area contributed by atoms with E-state index in [4.69, 9.17) is 0 Å². The van der Waals surface area contributed by atoms with Crippen LogP contribution in [0.3, 0.4) is 0 Å². The lowest BCUT2D eigenvalue weighted by molar-refractivity contribution is -0.384. The number of anilines is 1. The average molecular weight is 238 g/mol. The molecule has 7 heteroatoms. The summed E-state index contributed by atoms with van der Waals surface area (Å²) in [5.41, 5.74) is -0.262. The first-order valence-corrected chi connectivity index (χ1v) is 4.95. The molecule has 2 N–H and O–H groups in total. The minimum absolute atomic E-state index is 0.0322. The first-order chi connectivity index (χ1) is 7.99. The van der Waals surface area contributed by atoms with Crippen LogP contribution in [0, 0.1) is 10.1 Å². The van der Waals surface area contributed by atoms with Crippen molar-refractivity contribution >= 4 is 17.3 Å². The van der Waals surface area contributed by atoms with E-state index in [0.29, 0.717) is 0 Å². The summed E-state index contributed by atoms with van der Waals surface area (Å²) in [6.07, 6.45) is -0.853. The lowest BCUT2D eigenvalue weighted by Crippen LogP contribution is -2.25. The first-order valence-electron chi connectivity index (χ1n) is 4.95. The number of nitro benzene ring substituents is 1. The summed E-state index contributed by atoms with van der Waals surface area (Å²) in [7, 11) is 0. The monoisotopic (exact) mass is 238 g/mol. The summed E-state index contributed by atoms with van der Waals surface area (Å²) in [5, 5.41) is 29.3. The number of benzene rings is 1. The van der Waals surface area contributed by atoms with Crippen molar-refractivity contribution in [3.05, 3.63) is 28.3 Å². The van der Waals surface area contributed by atoms with Crippen molar-refractivity contribution < 1.29 is 19.9 Å². The Labute approximate surface area is 96.0 Å². The zero-order valence-corrected chi connectivity index (χ0v) is 8.74. The summed E-state index contributed by atoms with van der Waals surface area (Å²) in [6.45, 7) is 0.0322. The van der Waals surface area contributed by atoms with Crippen LogP contribution in [0.1, 0.15) is 6.42 Å². The molecule has 0 aromatic heterocycles. The Morgan fingerprint density at radius 3 is 2.71 bits per heavy atom. The van der Waals surface area contributed by atoms with E-state index in [-0.39, 0.29) is 36.0 Å². The van der Waals surface area contributed by atoms with Gasteiger partial charge in [0.1, 0.15) is 11.4 Å². The van der Waals surface area contributed by atoms with Gasteiger partial charge >= 0.3 is 0 Å². The van der Waals surface area contributed by atoms with Crippen molar-refractivity contribution in [1.82, 2.24) is 0 Å². The fourth-order valence-corrected chi connectivity index (χ4v) is 1.81. The Bertz CT molecular complexity index is 488. The van der Waals surface area contributed by atoms with Crippen molar-refractivity contribution in [2.24, 2.45) is 0 Å². The molecular formula is C10H10N2O5. The molecule has 90 valence electrons. The number of aromatic hydroxyl groups is 1. The van der Waals surface area contributed by atoms with Gasteiger partial charge in [0.05, 0.1) is 30.1 Å². The van der Waals surface area contributed by atoms with E-state index < -0.39 is 11.0 Å². The zero-order valence-electron chi connectivity index (χ0n) is 8.74. The second-order valence-electron chi connectivity index (χ2n) is 3.79. The Morgan fingerprint density at radius 1 is 1.47 bits per heavy atom. The molecule has 1 atom stereocenters. The fraction of sp³-hybridized carbons (Fsp3) is 0.300. The SMILES string of the molecule is O=C1CC(O)CN1c1ccc(O)cc1[N+](=O)[O-]. The van der Waals surface area contributed by atoms with Crippen molar-refractivity contribution in [2.75, 3.05) is 11.4 Å². The number of aliphatic hydroxyl groups excluding tert-OH is 1. The van der Waals surface area contributed by atoms with E-state index in [2.05, 4.69) is 0 Å². The number of hydrogen-bond acceptors (Lipinski definition) is 5. The normalized spacial score (nSPS) is 19.7. The number of carbonyl (C=O) groups is 1. The van der Waals surface area contributed by atoms with Crippen molar-refractivity contribution in [1.29, 1.82) is 0 Å². The van der Waals surface area contributed by atoms with Gasteiger partial charge in [0.2, 0.25) is 5.91 Å². The van der Waals surface area contributed by atoms with Crippen LogP contribution in [0.2, 0.25) is 0 Å². The molecule has 0 aliphatic carbocycles. The molecule has 17 heavy (non-hydrogen) atoms. The Kier molecular flexibility index (Phi) is 2.68. The summed E-state index contributed by atoms with van der Waals surface area (Å²) >= 11 is 0. The number of carbonyl (C=O) groups excluding carboxylic acids is 1. The maximum Gasteiger partial charge on any atom is 0.296 e. The lowest BCUT2D eigenvalue weighted by Gasteiger charge is -2.15. The molecular weight excluding hydrogens is 228 g/mol. The molecule has 1 fully saturated rings. The molecule has 7 nitrogen and oxygen atoms in total. The maximum absolute atomic E-state index is 11.5. The number of phenolic OH excluding ortho intramolecular Hbond substituents is 1. The van der Waals surface area contributed by atoms with Gasteiger partial charge in [-0.3, -0.25) is 14.9 Å². The number of nitrogens with zero attached hydrogens (tertiary/aromatic N) is 2. The van der Waals surface area contributed by atoms with Gasteiger partial charge in [-0.25, -0.2) is 0 Å². The number of nitro groups is 1. The number of aliphatic hydroxyl groups is 1. The van der Waals surface area contributed by atoms with Crippen LogP contribution in [-0.4, -0.2) is 33.7 Å². The van der Waals surface area contributed by atoms with Crippen molar-refractivity contribution in [3.63, 3.8) is 0 Å². The largest absolute Gasteiger partial charge is 0.508 e. The number of hydrogen-bond donors (Lipinski definition) is 2. The smallest absolute Gasteiger partial charge is 0.296 e. The van der Waals surface area contributed by atoms with Gasteiger partial charge in [0.15, 0.2) is 0 Å². The molecule has 1 aromatic carbocycles. The van der Waals surface area contributed by atoms with Gasteiger partial charge in [0, 0.05) is 0 Å². The van der Waals surface area contributed by atoms with E-state index in [0.717, 1.165) is 11.0 Å². The standard InChI is InChI=1S/C10H10N2O5/c13-6-1-2-8(9(3-6)12(16)17)11-5-7(14)4-10(11)15/h1-3,7,13-14H,4-5H2. The highest BCUT2D eigenvalue weighted by molar-refractivity contribution is 5.98. The summed E-state index contributed by atoms with van der Waals surface area (Å²) in [5.74, 6) is -0.612. The van der Waals surface area contributed by atoms with Gasteiger partial charge in [-0.2, -0.15) is 0 Å². The molecule has 1 amide bonds. The molecule has 0 saturated carbocycles. The van der Waals surface area contributed by atoms with Crippen LogP contribution in [-0.2, 0) is 4.79 Å². The van der Waals surface area contributed by atoms with Gasteiger partial charge in [-0.05, 0) is 12.1 Å². The van der Waals surface area contributed by atoms with Crippen LogP contribution in [0.5, 0.6) is 5.75 Å². The molecule has 1 aromatic rings. The Balaban J connectivity index is 2.45. The highest BCUT2D eigenvalue weighted by Gasteiger charge is 2.33. The highest BCUT2D eigenvalue weighted by atomic mass is 16.6. The number of β-amino-alcohol motifs (C(OH)–C–C–N with tert-alkyl or cyclic N) is 1. The topological polar surface area (TPSA) is 104 Å². The van der Waals surface area contributed by atoms with Crippen LogP contribution in [0.25, 0.3) is 0 Å². The lowest BCUT2D eigenvalue weighted by atomic mass is 10.2. The van der Waals surface area contributed by atoms with Gasteiger partial charge < -0.3 is 15.1 Å². The van der Waals surface area contributed by atoms with E-state index in [1.54, 1.807) is 0 Å². The van der Waals surface area contributed by atoms with E-state index in [9.17, 15) is 25.1 Å². The highest BCUT2D eigenvalue weighted by Crippen LogP contribution is 2.33. The maximum atomic E-state index is 11.5. The van der Waals surface area contributed by atoms with Crippen LogP contribution in [0.15, 0.2) is 18.2 Å². The summed E-state index contributed by atoms with van der Waals surface area (Å²) in [4.78, 5) is 22.8.